The van der Waals surface area contributed by atoms with E-state index < -0.39 is 0 Å². The molecular formula is C20H35N3O4. The Bertz CT molecular complexity index is 568. The first-order valence-electron chi connectivity index (χ1n) is 9.97. The van der Waals surface area contributed by atoms with Crippen LogP contribution in [0.15, 0.2) is 0 Å². The van der Waals surface area contributed by atoms with Crippen LogP contribution in [0.3, 0.4) is 0 Å². The second kappa shape index (κ2) is 8.59. The summed E-state index contributed by atoms with van der Waals surface area (Å²) >= 11 is 0. The summed E-state index contributed by atoms with van der Waals surface area (Å²) in [7, 11) is 3.36. The fourth-order valence-electron chi connectivity index (χ4n) is 4.24. The number of rotatable bonds is 7. The Morgan fingerprint density at radius 1 is 1.30 bits per heavy atom. The van der Waals surface area contributed by atoms with E-state index in [-0.39, 0.29) is 34.7 Å². The molecular weight excluding hydrogens is 346 g/mol. The first kappa shape index (κ1) is 21.7. The van der Waals surface area contributed by atoms with Crippen molar-refractivity contribution in [1.82, 2.24) is 15.1 Å². The minimum Gasteiger partial charge on any atom is -0.384 e. The monoisotopic (exact) mass is 381 g/mol. The van der Waals surface area contributed by atoms with Gasteiger partial charge in [-0.3, -0.25) is 14.4 Å². The van der Waals surface area contributed by atoms with Crippen molar-refractivity contribution in [3.63, 3.8) is 0 Å². The van der Waals surface area contributed by atoms with Crippen LogP contribution in [-0.4, -0.2) is 73.0 Å². The third-order valence-electron chi connectivity index (χ3n) is 6.07. The molecule has 7 nitrogen and oxygen atoms in total. The van der Waals surface area contributed by atoms with E-state index in [9.17, 15) is 14.4 Å². The highest BCUT2D eigenvalue weighted by atomic mass is 16.5. The number of piperidine rings is 1. The number of ether oxygens (including phenoxy) is 1. The van der Waals surface area contributed by atoms with Gasteiger partial charge in [0.15, 0.2) is 0 Å². The Hall–Kier alpha value is -1.63. The second-order valence-electron chi connectivity index (χ2n) is 8.84. The maximum Gasteiger partial charge on any atom is 0.245 e. The molecule has 2 aliphatic rings. The van der Waals surface area contributed by atoms with E-state index in [0.717, 1.165) is 19.3 Å². The molecule has 0 aliphatic carbocycles. The van der Waals surface area contributed by atoms with Crippen molar-refractivity contribution in [2.24, 2.45) is 5.41 Å². The number of amides is 3. The first-order chi connectivity index (χ1) is 12.6. The Labute approximate surface area is 162 Å². The van der Waals surface area contributed by atoms with Crippen molar-refractivity contribution in [3.8, 4) is 0 Å². The smallest absolute Gasteiger partial charge is 0.245 e. The number of likely N-dealkylation sites (tertiary alicyclic amines) is 2. The number of hydrogen-bond donors (Lipinski definition) is 1. The largest absolute Gasteiger partial charge is 0.384 e. The van der Waals surface area contributed by atoms with Gasteiger partial charge in [0, 0.05) is 45.6 Å². The summed E-state index contributed by atoms with van der Waals surface area (Å²) < 4.78 is 5.20. The molecule has 0 aromatic heterocycles. The van der Waals surface area contributed by atoms with Gasteiger partial charge in [-0.15, -0.1) is 0 Å². The summed E-state index contributed by atoms with van der Waals surface area (Å²) in [6.07, 6.45) is 3.81. The van der Waals surface area contributed by atoms with Crippen molar-refractivity contribution in [1.29, 1.82) is 0 Å². The number of carbonyl (C=O) groups is 3. The summed E-state index contributed by atoms with van der Waals surface area (Å²) in [6.45, 7) is 7.90. The molecule has 0 aromatic rings. The third-order valence-corrected chi connectivity index (χ3v) is 6.07. The Morgan fingerprint density at radius 3 is 2.41 bits per heavy atom. The molecule has 1 N–H and O–H groups in total. The van der Waals surface area contributed by atoms with Crippen LogP contribution in [0.4, 0.5) is 0 Å². The van der Waals surface area contributed by atoms with Gasteiger partial charge in [-0.25, -0.2) is 0 Å². The standard InChI is InChI=1S/C20H35N3O4/c1-6-20(21-16(24)13-19(2,3)14-27-5)9-11-23(12-10-20)18(26)15-7-8-17(25)22(15)4/h15H,6-14H2,1-5H3,(H,21,24)/t15-/m1/s1. The molecule has 2 heterocycles. The number of hydrogen-bond acceptors (Lipinski definition) is 4. The molecule has 0 bridgehead atoms. The SMILES string of the molecule is CCC1(NC(=O)CC(C)(C)COC)CCN(C(=O)[C@H]2CCC(=O)N2C)CC1. The van der Waals surface area contributed by atoms with Gasteiger partial charge in [0.1, 0.15) is 6.04 Å². The second-order valence-corrected chi connectivity index (χ2v) is 8.84. The molecule has 0 spiro atoms. The molecule has 7 heteroatoms. The van der Waals surface area contributed by atoms with Crippen LogP contribution < -0.4 is 5.32 Å². The zero-order chi connectivity index (χ0) is 20.2. The topological polar surface area (TPSA) is 79.0 Å². The van der Waals surface area contributed by atoms with Crippen LogP contribution in [0, 0.1) is 5.41 Å². The molecule has 2 fully saturated rings. The Kier molecular flexibility index (Phi) is 6.89. The van der Waals surface area contributed by atoms with Gasteiger partial charge in [0.2, 0.25) is 17.7 Å². The summed E-state index contributed by atoms with van der Waals surface area (Å²) in [5, 5.41) is 3.24. The van der Waals surface area contributed by atoms with Crippen molar-refractivity contribution in [3.05, 3.63) is 0 Å². The lowest BCUT2D eigenvalue weighted by Gasteiger charge is -2.43. The molecule has 154 valence electrons. The molecule has 0 saturated carbocycles. The molecule has 1 atom stereocenters. The van der Waals surface area contributed by atoms with Gasteiger partial charge in [-0.2, -0.15) is 0 Å². The molecule has 2 saturated heterocycles. The van der Waals surface area contributed by atoms with Gasteiger partial charge in [0.05, 0.1) is 6.61 Å². The van der Waals surface area contributed by atoms with Crippen molar-refractivity contribution >= 4 is 17.7 Å². The average molecular weight is 382 g/mol. The van der Waals surface area contributed by atoms with Gasteiger partial charge in [0.25, 0.3) is 0 Å². The van der Waals surface area contributed by atoms with E-state index in [1.807, 2.05) is 18.7 Å². The van der Waals surface area contributed by atoms with Gasteiger partial charge in [-0.05, 0) is 31.1 Å². The lowest BCUT2D eigenvalue weighted by atomic mass is 9.83. The maximum atomic E-state index is 12.8. The molecule has 2 rings (SSSR count). The van der Waals surface area contributed by atoms with Crippen LogP contribution in [0.5, 0.6) is 0 Å². The summed E-state index contributed by atoms with van der Waals surface area (Å²) in [5.41, 5.74) is -0.460. The molecule has 0 aromatic carbocycles. The molecule has 0 unspecified atom stereocenters. The summed E-state index contributed by atoms with van der Waals surface area (Å²) in [6, 6.07) is -0.323. The summed E-state index contributed by atoms with van der Waals surface area (Å²) in [5.74, 6) is 0.125. The van der Waals surface area contributed by atoms with Crippen molar-refractivity contribution in [2.75, 3.05) is 33.9 Å². The fourth-order valence-corrected chi connectivity index (χ4v) is 4.24. The predicted molar refractivity (Wildman–Crippen MR) is 103 cm³/mol. The molecule has 3 amide bonds. The Morgan fingerprint density at radius 2 is 1.93 bits per heavy atom. The highest BCUT2D eigenvalue weighted by molar-refractivity contribution is 5.90. The van der Waals surface area contributed by atoms with E-state index in [1.54, 1.807) is 19.1 Å². The number of carbonyl (C=O) groups excluding carboxylic acids is 3. The van der Waals surface area contributed by atoms with E-state index in [1.165, 1.54) is 0 Å². The van der Waals surface area contributed by atoms with E-state index in [0.29, 0.717) is 39.0 Å². The number of methoxy groups -OCH3 is 1. The third kappa shape index (κ3) is 5.21. The lowest BCUT2D eigenvalue weighted by molar-refractivity contribution is -0.142. The average Bonchev–Trinajstić information content (AvgIpc) is 2.93. The van der Waals surface area contributed by atoms with E-state index >= 15 is 0 Å². The number of nitrogens with zero attached hydrogens (tertiary/aromatic N) is 2. The zero-order valence-corrected chi connectivity index (χ0v) is 17.5. The highest BCUT2D eigenvalue weighted by Gasteiger charge is 2.40. The zero-order valence-electron chi connectivity index (χ0n) is 17.5. The van der Waals surface area contributed by atoms with Gasteiger partial charge >= 0.3 is 0 Å². The fraction of sp³-hybridized carbons (Fsp3) is 0.850. The van der Waals surface area contributed by atoms with Crippen molar-refractivity contribution in [2.45, 2.75) is 70.9 Å². The molecule has 2 aliphatic heterocycles. The maximum absolute atomic E-state index is 12.8. The number of likely N-dealkylation sites (N-methyl/N-ethyl adjacent to an activating group) is 1. The molecule has 0 radical (unpaired) electrons. The van der Waals surface area contributed by atoms with E-state index in [4.69, 9.17) is 4.74 Å². The van der Waals surface area contributed by atoms with E-state index in [2.05, 4.69) is 12.2 Å². The van der Waals surface area contributed by atoms with Gasteiger partial charge in [-0.1, -0.05) is 20.8 Å². The van der Waals surface area contributed by atoms with Crippen LogP contribution >= 0.6 is 0 Å². The van der Waals surface area contributed by atoms with Crippen LogP contribution in [0.2, 0.25) is 0 Å². The quantitative estimate of drug-likeness (QED) is 0.726. The summed E-state index contributed by atoms with van der Waals surface area (Å²) in [4.78, 5) is 40.5. The van der Waals surface area contributed by atoms with Crippen LogP contribution in [0.25, 0.3) is 0 Å². The minimum absolute atomic E-state index is 0.0409. The Balaban J connectivity index is 1.91. The predicted octanol–water partition coefficient (Wildman–Crippen LogP) is 1.56. The molecule has 27 heavy (non-hydrogen) atoms. The van der Waals surface area contributed by atoms with Gasteiger partial charge < -0.3 is 19.9 Å². The minimum atomic E-state index is -0.323. The number of nitrogens with one attached hydrogen (secondary N) is 1. The van der Waals surface area contributed by atoms with Crippen molar-refractivity contribution < 1.29 is 19.1 Å². The highest BCUT2D eigenvalue weighted by Crippen LogP contribution is 2.29. The van der Waals surface area contributed by atoms with Crippen LogP contribution in [-0.2, 0) is 19.1 Å². The van der Waals surface area contributed by atoms with Crippen LogP contribution in [0.1, 0.15) is 59.3 Å². The lowest BCUT2D eigenvalue weighted by Crippen LogP contribution is -2.58. The normalized spacial score (nSPS) is 22.9. The first-order valence-corrected chi connectivity index (χ1v) is 9.97.